The van der Waals surface area contributed by atoms with Crippen molar-refractivity contribution in [1.82, 2.24) is 0 Å². The smallest absolute Gasteiger partial charge is 0.315 e. The molecule has 6 atom stereocenters. The number of ether oxygens (including phenoxy) is 3. The summed E-state index contributed by atoms with van der Waals surface area (Å²) in [7, 11) is 0. The molecule has 3 fully saturated rings. The topological polar surface area (TPSA) is 96.0 Å². The number of alkyl halides is 1. The summed E-state index contributed by atoms with van der Waals surface area (Å²) < 4.78 is 16.0. The summed E-state index contributed by atoms with van der Waals surface area (Å²) in [5, 5.41) is 0.584. The molecule has 0 unspecified atom stereocenters. The summed E-state index contributed by atoms with van der Waals surface area (Å²) >= 11 is 9.39. The van der Waals surface area contributed by atoms with Gasteiger partial charge in [0.1, 0.15) is 11.9 Å². The van der Waals surface area contributed by atoms with E-state index >= 15 is 0 Å². The maximum absolute atomic E-state index is 12.7. The predicted octanol–water partition coefficient (Wildman–Crippen LogP) is 3.79. The third-order valence-corrected chi connectivity index (χ3v) is 8.26. The molecule has 2 aromatic rings. The number of fused-ring (bicyclic) bond motifs is 1. The molecule has 2 aromatic carbocycles. The van der Waals surface area contributed by atoms with Crippen LogP contribution in [0.5, 0.6) is 5.75 Å². The standard InChI is InChI=1S/C25H20BrClO7/c26-22-16-10-17-21(25(31)34-23(17)22)20(16)24(30)32-11-18(28)13-3-7-15(8-4-13)33-19(29)9-12-1-5-14(27)6-2-12/h1-8,16-17,20-23H,9-11H2/t16-,17-,20-,21+,22-,23+/m1/s1. The number of carbonyl (C=O) groups is 4. The van der Waals surface area contributed by atoms with E-state index in [1.54, 1.807) is 24.3 Å². The highest BCUT2D eigenvalue weighted by atomic mass is 79.9. The number of esters is 3. The molecule has 9 heteroatoms. The first-order chi connectivity index (χ1) is 16.3. The molecule has 176 valence electrons. The number of hydrogen-bond donors (Lipinski definition) is 0. The second-order valence-electron chi connectivity index (χ2n) is 8.79. The molecule has 2 saturated carbocycles. The fourth-order valence-corrected chi connectivity index (χ4v) is 6.43. The van der Waals surface area contributed by atoms with Crippen LogP contribution in [0.15, 0.2) is 48.5 Å². The van der Waals surface area contributed by atoms with E-state index in [0.717, 1.165) is 12.0 Å². The van der Waals surface area contributed by atoms with Crippen molar-refractivity contribution in [2.24, 2.45) is 23.7 Å². The van der Waals surface area contributed by atoms with E-state index in [4.69, 9.17) is 25.8 Å². The van der Waals surface area contributed by atoms with Crippen molar-refractivity contribution in [2.45, 2.75) is 23.8 Å². The number of halogens is 2. The molecule has 0 spiro atoms. The zero-order valence-corrected chi connectivity index (χ0v) is 20.2. The average molecular weight is 548 g/mol. The van der Waals surface area contributed by atoms with E-state index in [1.807, 2.05) is 0 Å². The van der Waals surface area contributed by atoms with Gasteiger partial charge in [0, 0.05) is 16.5 Å². The monoisotopic (exact) mass is 546 g/mol. The fourth-order valence-electron chi connectivity index (χ4n) is 5.26. The lowest BCUT2D eigenvalue weighted by atomic mass is 9.80. The fraction of sp³-hybridized carbons (Fsp3) is 0.360. The largest absolute Gasteiger partial charge is 0.461 e. The molecule has 0 aromatic heterocycles. The molecular weight excluding hydrogens is 528 g/mol. The summed E-state index contributed by atoms with van der Waals surface area (Å²) in [4.78, 5) is 49.5. The van der Waals surface area contributed by atoms with Gasteiger partial charge in [-0.25, -0.2) is 0 Å². The summed E-state index contributed by atoms with van der Waals surface area (Å²) in [5.41, 5.74) is 1.09. The van der Waals surface area contributed by atoms with Gasteiger partial charge in [0.15, 0.2) is 12.4 Å². The normalized spacial score (nSPS) is 28.5. The SMILES string of the molecule is O=C(Cc1ccc(Cl)cc1)Oc1ccc(C(=O)COC(=O)[C@@H]2[C@H]3C[C@H]4[C@H](OC(=O)[C@@H]42)[C@@H]3Br)cc1. The number of Topliss-reactive ketones (excluding diaryl/α,β-unsaturated/α-hetero) is 1. The molecule has 0 amide bonds. The van der Waals surface area contributed by atoms with Crippen molar-refractivity contribution in [3.8, 4) is 5.75 Å². The van der Waals surface area contributed by atoms with Crippen LogP contribution in [0.4, 0.5) is 0 Å². The first-order valence-electron chi connectivity index (χ1n) is 10.9. The van der Waals surface area contributed by atoms with Crippen molar-refractivity contribution in [1.29, 1.82) is 0 Å². The van der Waals surface area contributed by atoms with Crippen molar-refractivity contribution in [3.63, 3.8) is 0 Å². The van der Waals surface area contributed by atoms with Gasteiger partial charge in [0.05, 0.1) is 23.1 Å². The van der Waals surface area contributed by atoms with E-state index in [1.165, 1.54) is 24.3 Å². The maximum Gasteiger partial charge on any atom is 0.315 e. The Balaban J connectivity index is 1.14. The Kier molecular flexibility index (Phi) is 6.20. The lowest BCUT2D eigenvalue weighted by molar-refractivity contribution is -0.154. The predicted molar refractivity (Wildman–Crippen MR) is 124 cm³/mol. The Morgan fingerprint density at radius 3 is 2.44 bits per heavy atom. The van der Waals surface area contributed by atoms with Gasteiger partial charge in [-0.15, -0.1) is 0 Å². The van der Waals surface area contributed by atoms with E-state index < -0.39 is 36.2 Å². The second kappa shape index (κ2) is 9.15. The minimum absolute atomic E-state index is 0.0316. The number of benzene rings is 2. The number of ketones is 1. The summed E-state index contributed by atoms with van der Waals surface area (Å²) in [6.45, 7) is -0.430. The Hall–Kier alpha value is -2.71. The Labute approximate surface area is 208 Å². The lowest BCUT2D eigenvalue weighted by Gasteiger charge is -2.26. The highest BCUT2D eigenvalue weighted by Gasteiger charge is 2.68. The van der Waals surface area contributed by atoms with Crippen molar-refractivity contribution in [3.05, 3.63) is 64.7 Å². The number of rotatable bonds is 7. The first kappa shape index (κ1) is 23.1. The van der Waals surface area contributed by atoms with Crippen LogP contribution in [-0.4, -0.2) is 41.2 Å². The molecule has 0 radical (unpaired) electrons. The lowest BCUT2D eigenvalue weighted by Crippen LogP contribution is -2.39. The Morgan fingerprint density at radius 2 is 1.74 bits per heavy atom. The molecule has 3 aliphatic rings. The van der Waals surface area contributed by atoms with Crippen molar-refractivity contribution >= 4 is 51.2 Å². The number of hydrogen-bond acceptors (Lipinski definition) is 7. The van der Waals surface area contributed by atoms with Gasteiger partial charge in [-0.05, 0) is 54.3 Å². The first-order valence-corrected chi connectivity index (χ1v) is 12.2. The zero-order valence-electron chi connectivity index (χ0n) is 17.8. The molecule has 0 N–H and O–H groups in total. The average Bonchev–Trinajstić information content (AvgIpc) is 3.43. The van der Waals surface area contributed by atoms with Gasteiger partial charge in [-0.1, -0.05) is 39.7 Å². The highest BCUT2D eigenvalue weighted by Crippen LogP contribution is 2.60. The van der Waals surface area contributed by atoms with Crippen molar-refractivity contribution < 1.29 is 33.4 Å². The van der Waals surface area contributed by atoms with Gasteiger partial charge in [0.2, 0.25) is 0 Å². The van der Waals surface area contributed by atoms with Gasteiger partial charge in [0.25, 0.3) is 0 Å². The van der Waals surface area contributed by atoms with Crippen LogP contribution in [0.3, 0.4) is 0 Å². The quantitative estimate of drug-likeness (QED) is 0.225. The molecule has 5 rings (SSSR count). The highest BCUT2D eigenvalue weighted by molar-refractivity contribution is 9.09. The van der Waals surface area contributed by atoms with Crippen LogP contribution in [0, 0.1) is 23.7 Å². The third kappa shape index (κ3) is 4.25. The molecule has 1 saturated heterocycles. The van der Waals surface area contributed by atoms with E-state index in [2.05, 4.69) is 15.9 Å². The van der Waals surface area contributed by atoms with Gasteiger partial charge >= 0.3 is 17.9 Å². The van der Waals surface area contributed by atoms with Crippen LogP contribution in [0.1, 0.15) is 22.3 Å². The van der Waals surface area contributed by atoms with Gasteiger partial charge in [-0.3, -0.25) is 19.2 Å². The van der Waals surface area contributed by atoms with E-state index in [0.29, 0.717) is 16.3 Å². The van der Waals surface area contributed by atoms with Crippen LogP contribution >= 0.6 is 27.5 Å². The minimum atomic E-state index is -0.587. The molecule has 2 aliphatic carbocycles. The van der Waals surface area contributed by atoms with Gasteiger partial charge < -0.3 is 14.2 Å². The number of carbonyl (C=O) groups excluding carboxylic acids is 4. The zero-order chi connectivity index (χ0) is 24.0. The van der Waals surface area contributed by atoms with Crippen LogP contribution in [-0.2, 0) is 30.3 Å². The Morgan fingerprint density at radius 1 is 1.03 bits per heavy atom. The summed E-state index contributed by atoms with van der Waals surface area (Å²) in [6, 6.07) is 12.9. The molecule has 34 heavy (non-hydrogen) atoms. The molecule has 2 bridgehead atoms. The maximum atomic E-state index is 12.7. The Bertz CT molecular complexity index is 1150. The van der Waals surface area contributed by atoms with Crippen molar-refractivity contribution in [2.75, 3.05) is 6.61 Å². The summed E-state index contributed by atoms with van der Waals surface area (Å²) in [5.74, 6) is -2.50. The van der Waals surface area contributed by atoms with Crippen LogP contribution in [0.25, 0.3) is 0 Å². The molecule has 1 aliphatic heterocycles. The van der Waals surface area contributed by atoms with Crippen LogP contribution < -0.4 is 4.74 Å². The van der Waals surface area contributed by atoms with E-state index in [-0.39, 0.29) is 35.2 Å². The van der Waals surface area contributed by atoms with E-state index in [9.17, 15) is 19.2 Å². The minimum Gasteiger partial charge on any atom is -0.461 e. The summed E-state index contributed by atoms with van der Waals surface area (Å²) in [6.07, 6.45) is 0.650. The molecule has 7 nitrogen and oxygen atoms in total. The second-order valence-corrected chi connectivity index (χ2v) is 10.3. The third-order valence-electron chi connectivity index (χ3n) is 6.81. The van der Waals surface area contributed by atoms with Crippen LogP contribution in [0.2, 0.25) is 5.02 Å². The molecule has 1 heterocycles. The molecular formula is C25H20BrClO7. The van der Waals surface area contributed by atoms with Gasteiger partial charge in [-0.2, -0.15) is 0 Å².